The molecule has 1 aromatic heterocycles. The highest BCUT2D eigenvalue weighted by Gasteiger charge is 2.36. The molecule has 24 heavy (non-hydrogen) atoms. The summed E-state index contributed by atoms with van der Waals surface area (Å²) < 4.78 is 0. The van der Waals surface area contributed by atoms with Gasteiger partial charge in [-0.05, 0) is 40.8 Å². The summed E-state index contributed by atoms with van der Waals surface area (Å²) in [6.07, 6.45) is 4.48. The number of thiophene rings is 1. The molecule has 4 nitrogen and oxygen atoms in total. The van der Waals surface area contributed by atoms with Crippen LogP contribution in [0.5, 0.6) is 0 Å². The number of nitrogens with one attached hydrogen (secondary N) is 2. The Hall–Kier alpha value is -2.14. The van der Waals surface area contributed by atoms with E-state index in [0.29, 0.717) is 13.1 Å². The Bertz CT molecular complexity index is 677. The van der Waals surface area contributed by atoms with E-state index in [1.807, 2.05) is 30.3 Å². The molecule has 1 saturated carbocycles. The van der Waals surface area contributed by atoms with Gasteiger partial charge < -0.3 is 10.6 Å². The number of rotatable bonds is 5. The van der Waals surface area contributed by atoms with E-state index >= 15 is 0 Å². The SMILES string of the molecule is O=C(NCc1ccccc1)C(=O)NCC1(c2ccsc2)CCCC1. The van der Waals surface area contributed by atoms with Crippen LogP contribution in [-0.4, -0.2) is 18.4 Å². The average Bonchev–Trinajstić information content (AvgIpc) is 3.30. The van der Waals surface area contributed by atoms with Crippen molar-refractivity contribution >= 4 is 23.2 Å². The van der Waals surface area contributed by atoms with E-state index in [-0.39, 0.29) is 5.41 Å². The van der Waals surface area contributed by atoms with Gasteiger partial charge in [-0.25, -0.2) is 0 Å². The highest BCUT2D eigenvalue weighted by Crippen LogP contribution is 2.41. The van der Waals surface area contributed by atoms with Gasteiger partial charge in [-0.2, -0.15) is 11.3 Å². The number of carbonyl (C=O) groups excluding carboxylic acids is 2. The summed E-state index contributed by atoms with van der Waals surface area (Å²) in [4.78, 5) is 24.1. The largest absolute Gasteiger partial charge is 0.347 e. The first-order valence-corrected chi connectivity index (χ1v) is 9.27. The van der Waals surface area contributed by atoms with Crippen LogP contribution in [0.1, 0.15) is 36.8 Å². The molecule has 0 aliphatic heterocycles. The number of hydrogen-bond donors (Lipinski definition) is 2. The maximum absolute atomic E-state index is 12.1. The van der Waals surface area contributed by atoms with Crippen LogP contribution in [0.3, 0.4) is 0 Å². The third kappa shape index (κ3) is 3.85. The van der Waals surface area contributed by atoms with Crippen LogP contribution in [0.2, 0.25) is 0 Å². The van der Waals surface area contributed by atoms with Crippen molar-refractivity contribution in [2.75, 3.05) is 6.54 Å². The summed E-state index contributed by atoms with van der Waals surface area (Å²) >= 11 is 1.68. The first kappa shape index (κ1) is 16.7. The Labute approximate surface area is 146 Å². The van der Waals surface area contributed by atoms with Crippen LogP contribution in [0.25, 0.3) is 0 Å². The highest BCUT2D eigenvalue weighted by atomic mass is 32.1. The predicted molar refractivity (Wildman–Crippen MR) is 95.8 cm³/mol. The van der Waals surface area contributed by atoms with Gasteiger partial charge in [0.25, 0.3) is 0 Å². The van der Waals surface area contributed by atoms with Crippen molar-refractivity contribution in [1.82, 2.24) is 10.6 Å². The lowest BCUT2D eigenvalue weighted by molar-refractivity contribution is -0.139. The van der Waals surface area contributed by atoms with Gasteiger partial charge in [-0.15, -0.1) is 0 Å². The van der Waals surface area contributed by atoms with Crippen molar-refractivity contribution in [1.29, 1.82) is 0 Å². The molecule has 0 radical (unpaired) electrons. The van der Waals surface area contributed by atoms with Crippen LogP contribution in [0, 0.1) is 0 Å². The topological polar surface area (TPSA) is 58.2 Å². The first-order valence-electron chi connectivity index (χ1n) is 8.32. The van der Waals surface area contributed by atoms with Gasteiger partial charge in [-0.1, -0.05) is 43.2 Å². The molecule has 2 aromatic rings. The molecule has 1 heterocycles. The Morgan fingerprint density at radius 3 is 2.38 bits per heavy atom. The van der Waals surface area contributed by atoms with Crippen LogP contribution in [0.4, 0.5) is 0 Å². The lowest BCUT2D eigenvalue weighted by atomic mass is 9.80. The van der Waals surface area contributed by atoms with Crippen LogP contribution < -0.4 is 10.6 Å². The summed E-state index contributed by atoms with van der Waals surface area (Å²) in [5, 5.41) is 9.75. The third-order valence-corrected chi connectivity index (χ3v) is 5.47. The molecule has 1 aliphatic carbocycles. The van der Waals surface area contributed by atoms with Crippen molar-refractivity contribution < 1.29 is 9.59 Å². The minimum Gasteiger partial charge on any atom is -0.347 e. The van der Waals surface area contributed by atoms with Crippen molar-refractivity contribution in [3.8, 4) is 0 Å². The smallest absolute Gasteiger partial charge is 0.309 e. The first-order chi connectivity index (χ1) is 11.7. The normalized spacial score (nSPS) is 15.8. The maximum atomic E-state index is 12.1. The zero-order valence-electron chi connectivity index (χ0n) is 13.6. The van der Waals surface area contributed by atoms with Gasteiger partial charge in [0.1, 0.15) is 0 Å². The van der Waals surface area contributed by atoms with E-state index in [1.54, 1.807) is 11.3 Å². The Morgan fingerprint density at radius 1 is 1.00 bits per heavy atom. The van der Waals surface area contributed by atoms with Gasteiger partial charge in [0.15, 0.2) is 0 Å². The summed E-state index contributed by atoms with van der Waals surface area (Å²) in [7, 11) is 0. The maximum Gasteiger partial charge on any atom is 0.309 e. The fraction of sp³-hybridized carbons (Fsp3) is 0.368. The third-order valence-electron chi connectivity index (χ3n) is 4.78. The molecule has 0 atom stereocenters. The van der Waals surface area contributed by atoms with Gasteiger partial charge in [0.05, 0.1) is 0 Å². The van der Waals surface area contributed by atoms with Crippen molar-refractivity contribution in [3.63, 3.8) is 0 Å². The Kier molecular flexibility index (Phi) is 5.30. The van der Waals surface area contributed by atoms with E-state index in [4.69, 9.17) is 0 Å². The lowest BCUT2D eigenvalue weighted by Gasteiger charge is -2.28. The molecular weight excluding hydrogens is 320 g/mol. The van der Waals surface area contributed by atoms with E-state index in [0.717, 1.165) is 18.4 Å². The summed E-state index contributed by atoms with van der Waals surface area (Å²) in [5.41, 5.74) is 2.26. The molecule has 1 aromatic carbocycles. The quantitative estimate of drug-likeness (QED) is 0.821. The second-order valence-electron chi connectivity index (χ2n) is 6.35. The van der Waals surface area contributed by atoms with Crippen molar-refractivity contribution in [3.05, 3.63) is 58.3 Å². The van der Waals surface area contributed by atoms with E-state index < -0.39 is 11.8 Å². The second-order valence-corrected chi connectivity index (χ2v) is 7.13. The molecule has 1 aliphatic rings. The number of amides is 2. The monoisotopic (exact) mass is 342 g/mol. The number of benzene rings is 1. The zero-order chi connectivity index (χ0) is 16.8. The van der Waals surface area contributed by atoms with E-state index in [9.17, 15) is 9.59 Å². The summed E-state index contributed by atoms with van der Waals surface area (Å²) in [5.74, 6) is -1.12. The predicted octanol–water partition coefficient (Wildman–Crippen LogP) is 2.99. The molecule has 3 rings (SSSR count). The Morgan fingerprint density at radius 2 is 1.71 bits per heavy atom. The average molecular weight is 342 g/mol. The van der Waals surface area contributed by atoms with Crippen molar-refractivity contribution in [2.24, 2.45) is 0 Å². The number of carbonyl (C=O) groups is 2. The minimum atomic E-state index is -0.572. The molecule has 5 heteroatoms. The van der Waals surface area contributed by atoms with Crippen LogP contribution in [0.15, 0.2) is 47.2 Å². The van der Waals surface area contributed by atoms with Gasteiger partial charge >= 0.3 is 11.8 Å². The lowest BCUT2D eigenvalue weighted by Crippen LogP contribution is -2.45. The molecule has 2 N–H and O–H groups in total. The van der Waals surface area contributed by atoms with E-state index in [2.05, 4.69) is 27.5 Å². The van der Waals surface area contributed by atoms with Crippen LogP contribution in [-0.2, 0) is 21.5 Å². The van der Waals surface area contributed by atoms with Crippen LogP contribution >= 0.6 is 11.3 Å². The van der Waals surface area contributed by atoms with Gasteiger partial charge in [0, 0.05) is 18.5 Å². The molecule has 0 saturated heterocycles. The molecule has 0 unspecified atom stereocenters. The molecule has 1 fully saturated rings. The Balaban J connectivity index is 1.53. The molecule has 126 valence electrons. The molecule has 0 spiro atoms. The fourth-order valence-electron chi connectivity index (χ4n) is 3.37. The second kappa shape index (κ2) is 7.62. The summed E-state index contributed by atoms with van der Waals surface area (Å²) in [6.45, 7) is 0.893. The standard InChI is InChI=1S/C19H22N2O2S/c22-17(20-12-15-6-2-1-3-7-15)18(23)21-14-19(9-4-5-10-19)16-8-11-24-13-16/h1-3,6-8,11,13H,4-5,9-10,12,14H2,(H,20,22)(H,21,23). The number of hydrogen-bond acceptors (Lipinski definition) is 3. The van der Waals surface area contributed by atoms with E-state index in [1.165, 1.54) is 18.4 Å². The van der Waals surface area contributed by atoms with Gasteiger partial charge in [0.2, 0.25) is 0 Å². The zero-order valence-corrected chi connectivity index (χ0v) is 14.4. The summed E-state index contributed by atoms with van der Waals surface area (Å²) in [6, 6.07) is 11.7. The highest BCUT2D eigenvalue weighted by molar-refractivity contribution is 7.08. The van der Waals surface area contributed by atoms with Crippen molar-refractivity contribution in [2.45, 2.75) is 37.6 Å². The molecule has 2 amide bonds. The molecular formula is C19H22N2O2S. The fourth-order valence-corrected chi connectivity index (χ4v) is 4.15. The molecule has 0 bridgehead atoms. The van der Waals surface area contributed by atoms with Gasteiger partial charge in [-0.3, -0.25) is 9.59 Å². The minimum absolute atomic E-state index is 0.00459.